The van der Waals surface area contributed by atoms with Crippen LogP contribution in [0.15, 0.2) is 53.5 Å². The monoisotopic (exact) mass is 417 g/mol. The van der Waals surface area contributed by atoms with Gasteiger partial charge < -0.3 is 4.90 Å². The lowest BCUT2D eigenvalue weighted by Crippen LogP contribution is -2.27. The van der Waals surface area contributed by atoms with Crippen LogP contribution in [0.3, 0.4) is 0 Å². The quantitative estimate of drug-likeness (QED) is 0.553. The number of hydrogen-bond donors (Lipinski definition) is 1. The van der Waals surface area contributed by atoms with E-state index in [4.69, 9.17) is 0 Å². The average molecular weight is 417 g/mol. The number of nitrogens with zero attached hydrogens (tertiary/aromatic N) is 4. The van der Waals surface area contributed by atoms with Gasteiger partial charge in [-0.25, -0.2) is 9.07 Å². The molecule has 1 aliphatic rings. The van der Waals surface area contributed by atoms with E-state index < -0.39 is 5.82 Å². The van der Waals surface area contributed by atoms with Gasteiger partial charge in [0.15, 0.2) is 0 Å². The molecule has 0 saturated carbocycles. The maximum Gasteiger partial charge on any atom is 0.274 e. The van der Waals surface area contributed by atoms with Crippen LogP contribution in [0.4, 0.5) is 4.39 Å². The van der Waals surface area contributed by atoms with Gasteiger partial charge in [-0.2, -0.15) is 10.2 Å². The second-order valence-corrected chi connectivity index (χ2v) is 7.62. The molecule has 5 rings (SSSR count). The summed E-state index contributed by atoms with van der Waals surface area (Å²) in [5, 5.41) is 12.8. The van der Waals surface area contributed by atoms with Crippen LogP contribution in [-0.4, -0.2) is 30.8 Å². The highest BCUT2D eigenvalue weighted by Gasteiger charge is 2.28. The van der Waals surface area contributed by atoms with Crippen LogP contribution in [0.5, 0.6) is 0 Å². The highest BCUT2D eigenvalue weighted by molar-refractivity contribution is 5.95. The van der Waals surface area contributed by atoms with Crippen molar-refractivity contribution in [3.63, 3.8) is 0 Å². The Labute approximate surface area is 177 Å². The molecule has 0 atom stereocenters. The number of fused-ring (bicyclic) bond motifs is 2. The normalized spacial score (nSPS) is 13.0. The van der Waals surface area contributed by atoms with Crippen LogP contribution in [-0.2, 0) is 26.1 Å². The first kappa shape index (κ1) is 19.2. The van der Waals surface area contributed by atoms with Crippen molar-refractivity contribution in [1.29, 1.82) is 0 Å². The third-order valence-corrected chi connectivity index (χ3v) is 5.67. The Hall–Kier alpha value is -3.81. The van der Waals surface area contributed by atoms with Crippen molar-refractivity contribution >= 4 is 16.7 Å². The van der Waals surface area contributed by atoms with E-state index in [1.165, 1.54) is 10.7 Å². The van der Waals surface area contributed by atoms with Crippen molar-refractivity contribution in [3.8, 4) is 0 Å². The Bertz CT molecular complexity index is 1350. The SMILES string of the molecule is CCn1nc(Cc2ccc(F)c(C(=O)N3Cc4c[nH]nc4C3)c2)c2ccccc2c1=O. The fourth-order valence-corrected chi connectivity index (χ4v) is 4.06. The van der Waals surface area contributed by atoms with Gasteiger partial charge in [-0.15, -0.1) is 0 Å². The van der Waals surface area contributed by atoms with Crippen molar-refractivity contribution in [2.24, 2.45) is 0 Å². The lowest BCUT2D eigenvalue weighted by Gasteiger charge is -2.17. The molecule has 7 nitrogen and oxygen atoms in total. The van der Waals surface area contributed by atoms with Crippen LogP contribution in [0, 0.1) is 5.82 Å². The number of H-pyrrole nitrogens is 1. The molecule has 0 aliphatic carbocycles. The molecule has 0 radical (unpaired) electrons. The van der Waals surface area contributed by atoms with E-state index in [1.54, 1.807) is 29.3 Å². The lowest BCUT2D eigenvalue weighted by atomic mass is 10.0. The van der Waals surface area contributed by atoms with Crippen LogP contribution < -0.4 is 5.56 Å². The summed E-state index contributed by atoms with van der Waals surface area (Å²) in [6, 6.07) is 11.9. The highest BCUT2D eigenvalue weighted by atomic mass is 19.1. The summed E-state index contributed by atoms with van der Waals surface area (Å²) in [5.41, 5.74) is 3.11. The Morgan fingerprint density at radius 1 is 1.16 bits per heavy atom. The van der Waals surface area contributed by atoms with E-state index >= 15 is 0 Å². The first-order chi connectivity index (χ1) is 15.0. The Morgan fingerprint density at radius 3 is 2.74 bits per heavy atom. The molecular formula is C23H20FN5O2. The number of rotatable bonds is 4. The predicted molar refractivity (Wildman–Crippen MR) is 113 cm³/mol. The van der Waals surface area contributed by atoms with E-state index in [1.807, 2.05) is 25.1 Å². The Kier molecular flexibility index (Phi) is 4.62. The van der Waals surface area contributed by atoms with Gasteiger partial charge in [0.1, 0.15) is 5.82 Å². The molecule has 0 saturated heterocycles. The van der Waals surface area contributed by atoms with Gasteiger partial charge in [0.25, 0.3) is 11.5 Å². The van der Waals surface area contributed by atoms with Gasteiger partial charge in [-0.1, -0.05) is 24.3 Å². The first-order valence-electron chi connectivity index (χ1n) is 10.1. The topological polar surface area (TPSA) is 83.9 Å². The van der Waals surface area contributed by atoms with Crippen molar-refractivity contribution in [3.05, 3.63) is 92.9 Å². The molecule has 2 aromatic carbocycles. The van der Waals surface area contributed by atoms with Crippen LogP contribution in [0.1, 0.15) is 39.8 Å². The molecule has 8 heteroatoms. The fourth-order valence-electron chi connectivity index (χ4n) is 4.06. The molecule has 0 fully saturated rings. The van der Waals surface area contributed by atoms with Crippen LogP contribution in [0.2, 0.25) is 0 Å². The van der Waals surface area contributed by atoms with E-state index in [2.05, 4.69) is 15.3 Å². The number of carbonyl (C=O) groups is 1. The number of carbonyl (C=O) groups excluding carboxylic acids is 1. The summed E-state index contributed by atoms with van der Waals surface area (Å²) in [6.07, 6.45) is 2.14. The first-order valence-corrected chi connectivity index (χ1v) is 10.1. The summed E-state index contributed by atoms with van der Waals surface area (Å²) in [6.45, 7) is 3.08. The number of nitrogens with one attached hydrogen (secondary N) is 1. The number of hydrogen-bond acceptors (Lipinski definition) is 4. The van der Waals surface area contributed by atoms with Crippen molar-refractivity contribution in [1.82, 2.24) is 24.9 Å². The molecule has 3 heterocycles. The number of aryl methyl sites for hydroxylation is 1. The minimum atomic E-state index is -0.559. The third kappa shape index (κ3) is 3.30. The number of halogens is 1. The lowest BCUT2D eigenvalue weighted by molar-refractivity contribution is 0.0744. The standard InChI is InChI=1S/C23H20FN5O2/c1-2-29-23(31)17-6-4-3-5-16(17)20(27-29)10-14-7-8-19(24)18(9-14)22(30)28-12-15-11-25-26-21(15)13-28/h3-9,11H,2,10,12-13H2,1H3,(H,25,26). The zero-order valence-electron chi connectivity index (χ0n) is 16.9. The van der Waals surface area contributed by atoms with Gasteiger partial charge in [0, 0.05) is 36.7 Å². The van der Waals surface area contributed by atoms with E-state index in [-0.39, 0.29) is 17.0 Å². The maximum absolute atomic E-state index is 14.6. The minimum Gasteiger partial charge on any atom is -0.328 e. The average Bonchev–Trinajstić information content (AvgIpc) is 3.39. The van der Waals surface area contributed by atoms with Gasteiger partial charge in [0.05, 0.1) is 28.9 Å². The van der Waals surface area contributed by atoms with E-state index in [0.29, 0.717) is 37.1 Å². The molecule has 0 bridgehead atoms. The fraction of sp³-hybridized carbons (Fsp3) is 0.217. The van der Waals surface area contributed by atoms with Crippen molar-refractivity contribution in [2.75, 3.05) is 0 Å². The smallest absolute Gasteiger partial charge is 0.274 e. The highest BCUT2D eigenvalue weighted by Crippen LogP contribution is 2.24. The van der Waals surface area contributed by atoms with Gasteiger partial charge >= 0.3 is 0 Å². The number of amides is 1. The van der Waals surface area contributed by atoms with E-state index in [0.717, 1.165) is 22.2 Å². The van der Waals surface area contributed by atoms with Crippen LogP contribution >= 0.6 is 0 Å². The number of benzene rings is 2. The molecule has 1 N–H and O–H groups in total. The maximum atomic E-state index is 14.6. The molecule has 2 aromatic heterocycles. The Balaban J connectivity index is 1.49. The molecule has 1 aliphatic heterocycles. The molecule has 156 valence electrons. The van der Waals surface area contributed by atoms with Gasteiger partial charge in [-0.3, -0.25) is 14.7 Å². The van der Waals surface area contributed by atoms with Crippen LogP contribution in [0.25, 0.3) is 10.8 Å². The van der Waals surface area contributed by atoms with Gasteiger partial charge in [-0.05, 0) is 30.7 Å². The second-order valence-electron chi connectivity index (χ2n) is 7.62. The number of aromatic amines is 1. The molecule has 1 amide bonds. The molecule has 4 aromatic rings. The second kappa shape index (κ2) is 7.46. The molecule has 0 spiro atoms. The zero-order valence-corrected chi connectivity index (χ0v) is 16.9. The van der Waals surface area contributed by atoms with E-state index in [9.17, 15) is 14.0 Å². The summed E-state index contributed by atoms with van der Waals surface area (Å²) in [5.74, 6) is -0.926. The summed E-state index contributed by atoms with van der Waals surface area (Å²) < 4.78 is 16.0. The molecule has 31 heavy (non-hydrogen) atoms. The van der Waals surface area contributed by atoms with Gasteiger partial charge in [0.2, 0.25) is 0 Å². The van der Waals surface area contributed by atoms with Crippen molar-refractivity contribution in [2.45, 2.75) is 33.0 Å². The zero-order chi connectivity index (χ0) is 21.5. The largest absolute Gasteiger partial charge is 0.328 e. The van der Waals surface area contributed by atoms with Crippen molar-refractivity contribution < 1.29 is 9.18 Å². The molecule has 0 unspecified atom stereocenters. The number of aromatic nitrogens is 4. The summed E-state index contributed by atoms with van der Waals surface area (Å²) >= 11 is 0. The Morgan fingerprint density at radius 2 is 1.97 bits per heavy atom. The minimum absolute atomic E-state index is 0.0275. The summed E-state index contributed by atoms with van der Waals surface area (Å²) in [7, 11) is 0. The summed E-state index contributed by atoms with van der Waals surface area (Å²) in [4.78, 5) is 27.1. The predicted octanol–water partition coefficient (Wildman–Crippen LogP) is 3.03. The molecular weight excluding hydrogens is 397 g/mol. The third-order valence-electron chi connectivity index (χ3n) is 5.67.